The van der Waals surface area contributed by atoms with Crippen molar-refractivity contribution < 1.29 is 13.5 Å². The first-order valence-electron chi connectivity index (χ1n) is 2.79. The average Bonchev–Trinajstić information content (AvgIpc) is 1.60. The minimum absolute atomic E-state index is 0. The highest BCUT2D eigenvalue weighted by atomic mass is 35.5. The summed E-state index contributed by atoms with van der Waals surface area (Å²) in [5.74, 6) is 0. The van der Waals surface area contributed by atoms with Crippen LogP contribution in [-0.4, -0.2) is 25.3 Å². The SMILES string of the molecule is CC1(OC(F)F)CNC1.Cl. The van der Waals surface area contributed by atoms with Crippen LogP contribution < -0.4 is 5.32 Å². The van der Waals surface area contributed by atoms with E-state index in [-0.39, 0.29) is 12.4 Å². The van der Waals surface area contributed by atoms with E-state index in [2.05, 4.69) is 10.1 Å². The third-order valence-corrected chi connectivity index (χ3v) is 1.37. The van der Waals surface area contributed by atoms with Crippen molar-refractivity contribution in [3.05, 3.63) is 0 Å². The number of nitrogens with one attached hydrogen (secondary N) is 1. The lowest BCUT2D eigenvalue weighted by molar-refractivity contribution is -0.216. The number of rotatable bonds is 2. The Bertz CT molecular complexity index is 108. The zero-order valence-electron chi connectivity index (χ0n) is 5.56. The summed E-state index contributed by atoms with van der Waals surface area (Å²) in [5, 5.41) is 2.85. The summed E-state index contributed by atoms with van der Waals surface area (Å²) in [4.78, 5) is 0. The normalized spacial score (nSPS) is 21.6. The quantitative estimate of drug-likeness (QED) is 0.673. The van der Waals surface area contributed by atoms with Gasteiger partial charge in [0, 0.05) is 13.1 Å². The second kappa shape index (κ2) is 3.46. The van der Waals surface area contributed by atoms with Crippen molar-refractivity contribution in [2.75, 3.05) is 13.1 Å². The van der Waals surface area contributed by atoms with Crippen LogP contribution in [0.15, 0.2) is 0 Å². The molecule has 10 heavy (non-hydrogen) atoms. The zero-order valence-corrected chi connectivity index (χ0v) is 6.38. The third-order valence-electron chi connectivity index (χ3n) is 1.37. The maximum absolute atomic E-state index is 11.5. The van der Waals surface area contributed by atoms with Crippen LogP contribution in [0.25, 0.3) is 0 Å². The zero-order chi connectivity index (χ0) is 6.91. The average molecular weight is 174 g/mol. The Morgan fingerprint density at radius 3 is 2.10 bits per heavy atom. The molecule has 0 bridgehead atoms. The van der Waals surface area contributed by atoms with Crippen molar-refractivity contribution in [1.29, 1.82) is 0 Å². The van der Waals surface area contributed by atoms with Crippen LogP contribution in [0.3, 0.4) is 0 Å². The topological polar surface area (TPSA) is 21.3 Å². The Kier molecular flexibility index (Phi) is 3.48. The van der Waals surface area contributed by atoms with Crippen LogP contribution in [-0.2, 0) is 4.74 Å². The molecule has 1 heterocycles. The van der Waals surface area contributed by atoms with Crippen LogP contribution in [0, 0.1) is 0 Å². The molecular weight excluding hydrogens is 164 g/mol. The van der Waals surface area contributed by atoms with Gasteiger partial charge in [-0.05, 0) is 6.92 Å². The first-order chi connectivity index (χ1) is 4.12. The second-order valence-corrected chi connectivity index (χ2v) is 2.43. The van der Waals surface area contributed by atoms with Gasteiger partial charge in [-0.25, -0.2) is 0 Å². The van der Waals surface area contributed by atoms with Crippen molar-refractivity contribution in [2.24, 2.45) is 0 Å². The van der Waals surface area contributed by atoms with Gasteiger partial charge >= 0.3 is 6.61 Å². The highest BCUT2D eigenvalue weighted by Gasteiger charge is 2.35. The van der Waals surface area contributed by atoms with E-state index in [1.165, 1.54) is 0 Å². The molecule has 1 rings (SSSR count). The first kappa shape index (κ1) is 10.1. The molecule has 0 radical (unpaired) electrons. The number of ether oxygens (including phenoxy) is 1. The Labute approximate surface area is 64.3 Å². The molecule has 0 amide bonds. The third kappa shape index (κ3) is 2.36. The maximum Gasteiger partial charge on any atom is 0.345 e. The smallest absolute Gasteiger partial charge is 0.314 e. The minimum atomic E-state index is -2.64. The fraction of sp³-hybridized carbons (Fsp3) is 1.00. The summed E-state index contributed by atoms with van der Waals surface area (Å²) in [6.07, 6.45) is 0. The molecule has 1 N–H and O–H groups in total. The molecule has 0 spiro atoms. The van der Waals surface area contributed by atoms with Crippen molar-refractivity contribution in [1.82, 2.24) is 5.32 Å². The van der Waals surface area contributed by atoms with Crippen molar-refractivity contribution in [2.45, 2.75) is 19.1 Å². The fourth-order valence-corrected chi connectivity index (χ4v) is 0.775. The van der Waals surface area contributed by atoms with E-state index in [0.29, 0.717) is 13.1 Å². The number of halogens is 3. The van der Waals surface area contributed by atoms with Crippen LogP contribution in [0.5, 0.6) is 0 Å². The Hall–Kier alpha value is 0.0700. The van der Waals surface area contributed by atoms with Gasteiger partial charge in [0.25, 0.3) is 0 Å². The van der Waals surface area contributed by atoms with E-state index in [4.69, 9.17) is 0 Å². The van der Waals surface area contributed by atoms with E-state index in [9.17, 15) is 8.78 Å². The number of alkyl halides is 2. The minimum Gasteiger partial charge on any atom is -0.314 e. The van der Waals surface area contributed by atoms with E-state index in [1.807, 2.05) is 0 Å². The van der Waals surface area contributed by atoms with E-state index in [1.54, 1.807) is 6.92 Å². The number of hydrogen-bond donors (Lipinski definition) is 1. The molecule has 62 valence electrons. The van der Waals surface area contributed by atoms with Gasteiger partial charge in [0.1, 0.15) is 0 Å². The lowest BCUT2D eigenvalue weighted by atomic mass is 10.0. The lowest BCUT2D eigenvalue weighted by Crippen LogP contribution is -2.59. The summed E-state index contributed by atoms with van der Waals surface area (Å²) >= 11 is 0. The second-order valence-electron chi connectivity index (χ2n) is 2.43. The molecule has 2 nitrogen and oxygen atoms in total. The Balaban J connectivity index is 0.000000810. The van der Waals surface area contributed by atoms with Gasteiger partial charge in [-0.2, -0.15) is 8.78 Å². The predicted octanol–water partition coefficient (Wildman–Crippen LogP) is 1.01. The van der Waals surface area contributed by atoms with Crippen molar-refractivity contribution in [3.63, 3.8) is 0 Å². The summed E-state index contributed by atoms with van der Waals surface area (Å²) in [6.45, 7) is 0.0711. The van der Waals surface area contributed by atoms with Gasteiger partial charge in [0.2, 0.25) is 0 Å². The predicted molar refractivity (Wildman–Crippen MR) is 35.6 cm³/mol. The molecule has 1 aliphatic rings. The van der Waals surface area contributed by atoms with Gasteiger partial charge in [-0.3, -0.25) is 0 Å². The molecule has 0 aromatic carbocycles. The van der Waals surface area contributed by atoms with Crippen LogP contribution in [0.2, 0.25) is 0 Å². The summed E-state index contributed by atoms with van der Waals surface area (Å²) in [7, 11) is 0. The molecule has 1 saturated heterocycles. The molecule has 1 fully saturated rings. The molecule has 0 aromatic rings. The van der Waals surface area contributed by atoms with Crippen LogP contribution >= 0.6 is 12.4 Å². The molecule has 0 aromatic heterocycles. The Morgan fingerprint density at radius 2 is 2.00 bits per heavy atom. The maximum atomic E-state index is 11.5. The molecule has 5 heteroatoms. The molecule has 0 saturated carbocycles. The Morgan fingerprint density at radius 1 is 1.50 bits per heavy atom. The molecular formula is C5H10ClF2NO. The monoisotopic (exact) mass is 173 g/mol. The standard InChI is InChI=1S/C5H9F2NO.ClH/c1-5(2-8-3-5)9-4(6)7;/h4,8H,2-3H2,1H3;1H. The fourth-order valence-electron chi connectivity index (χ4n) is 0.775. The lowest BCUT2D eigenvalue weighted by Gasteiger charge is -2.38. The van der Waals surface area contributed by atoms with Gasteiger partial charge in [-0.1, -0.05) is 0 Å². The molecule has 1 aliphatic heterocycles. The van der Waals surface area contributed by atoms with Crippen molar-refractivity contribution >= 4 is 12.4 Å². The molecule has 0 aliphatic carbocycles. The van der Waals surface area contributed by atoms with Gasteiger partial charge in [0.05, 0.1) is 5.60 Å². The van der Waals surface area contributed by atoms with Crippen LogP contribution in [0.4, 0.5) is 8.78 Å². The van der Waals surface area contributed by atoms with Crippen molar-refractivity contribution in [3.8, 4) is 0 Å². The largest absolute Gasteiger partial charge is 0.345 e. The highest BCUT2D eigenvalue weighted by Crippen LogP contribution is 2.18. The summed E-state index contributed by atoms with van der Waals surface area (Å²) in [6, 6.07) is 0. The van der Waals surface area contributed by atoms with Gasteiger partial charge < -0.3 is 10.1 Å². The molecule has 0 unspecified atom stereocenters. The summed E-state index contributed by atoms with van der Waals surface area (Å²) in [5.41, 5.74) is -0.617. The van der Waals surface area contributed by atoms with Gasteiger partial charge in [0.15, 0.2) is 0 Å². The number of hydrogen-bond acceptors (Lipinski definition) is 2. The summed E-state index contributed by atoms with van der Waals surface area (Å²) < 4.78 is 27.3. The van der Waals surface area contributed by atoms with E-state index in [0.717, 1.165) is 0 Å². The van der Waals surface area contributed by atoms with E-state index < -0.39 is 12.2 Å². The first-order valence-corrected chi connectivity index (χ1v) is 2.79. The van der Waals surface area contributed by atoms with Gasteiger partial charge in [-0.15, -0.1) is 12.4 Å². The highest BCUT2D eigenvalue weighted by molar-refractivity contribution is 5.85. The van der Waals surface area contributed by atoms with E-state index >= 15 is 0 Å². The van der Waals surface area contributed by atoms with Crippen LogP contribution in [0.1, 0.15) is 6.92 Å². The molecule has 0 atom stereocenters.